The van der Waals surface area contributed by atoms with E-state index < -0.39 is 0 Å². The molecule has 3 rings (SSSR count). The largest absolute Gasteiger partial charge is 0.315 e. The summed E-state index contributed by atoms with van der Waals surface area (Å²) in [5.74, 6) is -0.222. The summed E-state index contributed by atoms with van der Waals surface area (Å²) in [6, 6.07) is 12.7. The Morgan fingerprint density at radius 2 is 1.80 bits per heavy atom. The molecule has 0 fully saturated rings. The lowest BCUT2D eigenvalue weighted by Crippen LogP contribution is -3.07. The van der Waals surface area contributed by atoms with E-state index in [0.717, 1.165) is 28.9 Å². The molecular formula is C18H21FN5S+. The number of nitrogens with one attached hydrogen (secondary N) is 1. The molecule has 5 nitrogen and oxygen atoms in total. The number of aryl methyl sites for hydroxylation is 2. The van der Waals surface area contributed by atoms with Crippen LogP contribution in [0.1, 0.15) is 16.7 Å². The maximum absolute atomic E-state index is 13.0. The van der Waals surface area contributed by atoms with Crippen LogP contribution in [0.25, 0.3) is 5.69 Å². The van der Waals surface area contributed by atoms with Gasteiger partial charge in [0.05, 0.1) is 12.7 Å². The van der Waals surface area contributed by atoms with Gasteiger partial charge in [0.1, 0.15) is 12.4 Å². The molecule has 3 aromatic rings. The van der Waals surface area contributed by atoms with Crippen molar-refractivity contribution in [1.82, 2.24) is 19.8 Å². The van der Waals surface area contributed by atoms with Crippen LogP contribution in [0.4, 0.5) is 4.39 Å². The predicted octanol–water partition coefficient (Wildman–Crippen LogP) is 2.23. The van der Waals surface area contributed by atoms with Crippen molar-refractivity contribution < 1.29 is 9.29 Å². The molecule has 25 heavy (non-hydrogen) atoms. The fourth-order valence-corrected chi connectivity index (χ4v) is 2.97. The van der Waals surface area contributed by atoms with Crippen molar-refractivity contribution in [1.29, 1.82) is 0 Å². The normalized spacial score (nSPS) is 12.3. The number of rotatable bonds is 5. The number of nitrogens with zero attached hydrogens (tertiary/aromatic N) is 4. The average molecular weight is 358 g/mol. The van der Waals surface area contributed by atoms with Crippen LogP contribution in [-0.4, -0.2) is 26.8 Å². The standard InChI is InChI=1S/C18H20FN5S/c1-13-4-5-14(2)17(10-13)24-18(25)23(20-21-24)12-22(3)11-15-6-8-16(19)9-7-15/h4-10H,11-12H2,1-3H3/p+1. The van der Waals surface area contributed by atoms with E-state index in [-0.39, 0.29) is 5.82 Å². The van der Waals surface area contributed by atoms with Gasteiger partial charge in [-0.15, -0.1) is 0 Å². The van der Waals surface area contributed by atoms with E-state index in [1.54, 1.807) is 21.5 Å². The molecule has 1 N–H and O–H groups in total. The summed E-state index contributed by atoms with van der Waals surface area (Å²) >= 11 is 5.55. The molecule has 0 aliphatic rings. The van der Waals surface area contributed by atoms with Crippen LogP contribution in [-0.2, 0) is 13.2 Å². The van der Waals surface area contributed by atoms with Gasteiger partial charge in [-0.3, -0.25) is 0 Å². The second-order valence-electron chi connectivity index (χ2n) is 6.38. The average Bonchev–Trinajstić information content (AvgIpc) is 2.93. The zero-order valence-corrected chi connectivity index (χ0v) is 15.3. The zero-order chi connectivity index (χ0) is 18.0. The molecule has 1 unspecified atom stereocenters. The van der Waals surface area contributed by atoms with Crippen LogP contribution in [0, 0.1) is 24.4 Å². The minimum absolute atomic E-state index is 0.222. The van der Waals surface area contributed by atoms with E-state index in [1.165, 1.54) is 17.0 Å². The lowest BCUT2D eigenvalue weighted by molar-refractivity contribution is -0.917. The van der Waals surface area contributed by atoms with Crippen LogP contribution in [0.3, 0.4) is 0 Å². The third kappa shape index (κ3) is 4.00. The number of halogens is 1. The number of hydrogen-bond donors (Lipinski definition) is 1. The second kappa shape index (κ2) is 7.25. The Morgan fingerprint density at radius 3 is 2.52 bits per heavy atom. The van der Waals surface area contributed by atoms with Crippen molar-refractivity contribution >= 4 is 12.2 Å². The summed E-state index contributed by atoms with van der Waals surface area (Å²) in [7, 11) is 2.04. The van der Waals surface area contributed by atoms with Crippen molar-refractivity contribution in [3.63, 3.8) is 0 Å². The van der Waals surface area contributed by atoms with Gasteiger partial charge in [0.15, 0.2) is 6.67 Å². The molecule has 0 amide bonds. The van der Waals surface area contributed by atoms with E-state index in [9.17, 15) is 4.39 Å². The minimum Gasteiger partial charge on any atom is -0.315 e. The van der Waals surface area contributed by atoms with Crippen molar-refractivity contribution in [2.45, 2.75) is 27.1 Å². The van der Waals surface area contributed by atoms with Crippen molar-refractivity contribution in [2.24, 2.45) is 0 Å². The third-order valence-electron chi connectivity index (χ3n) is 4.07. The fraction of sp³-hybridized carbons (Fsp3) is 0.278. The zero-order valence-electron chi connectivity index (χ0n) is 14.5. The Kier molecular flexibility index (Phi) is 5.06. The highest BCUT2D eigenvalue weighted by Gasteiger charge is 2.12. The number of hydrogen-bond acceptors (Lipinski definition) is 3. The molecule has 2 aromatic carbocycles. The third-order valence-corrected chi connectivity index (χ3v) is 4.45. The monoisotopic (exact) mass is 358 g/mol. The molecule has 0 aliphatic heterocycles. The van der Waals surface area contributed by atoms with Gasteiger partial charge in [-0.25, -0.2) is 4.39 Å². The Bertz CT molecular complexity index is 929. The first-order valence-corrected chi connectivity index (χ1v) is 8.51. The van der Waals surface area contributed by atoms with Crippen molar-refractivity contribution in [3.8, 4) is 5.69 Å². The van der Waals surface area contributed by atoms with Crippen LogP contribution < -0.4 is 4.90 Å². The number of tetrazole rings is 1. The Hall–Kier alpha value is -2.38. The van der Waals surface area contributed by atoms with Crippen LogP contribution in [0.5, 0.6) is 0 Å². The Labute approximate surface area is 151 Å². The summed E-state index contributed by atoms with van der Waals surface area (Å²) in [6.07, 6.45) is 0. The Balaban J connectivity index is 1.78. The van der Waals surface area contributed by atoms with E-state index in [0.29, 0.717) is 11.4 Å². The van der Waals surface area contributed by atoms with E-state index in [4.69, 9.17) is 12.2 Å². The SMILES string of the molecule is Cc1ccc(C)c(-n2nnn(C[NH+](C)Cc3ccc(F)cc3)c2=S)c1. The highest BCUT2D eigenvalue weighted by atomic mass is 32.1. The first-order chi connectivity index (χ1) is 11.9. The predicted molar refractivity (Wildman–Crippen MR) is 96.6 cm³/mol. The lowest BCUT2D eigenvalue weighted by atomic mass is 10.1. The minimum atomic E-state index is -0.222. The summed E-state index contributed by atoms with van der Waals surface area (Å²) in [6.45, 7) is 5.40. The quantitative estimate of drug-likeness (QED) is 0.711. The van der Waals surface area contributed by atoms with Gasteiger partial charge in [-0.05, 0) is 65.8 Å². The Morgan fingerprint density at radius 1 is 1.08 bits per heavy atom. The fourth-order valence-electron chi connectivity index (χ4n) is 2.73. The molecule has 1 atom stereocenters. The van der Waals surface area contributed by atoms with E-state index in [2.05, 4.69) is 28.6 Å². The smallest absolute Gasteiger partial charge is 0.225 e. The van der Waals surface area contributed by atoms with Gasteiger partial charge in [-0.2, -0.15) is 9.36 Å². The maximum Gasteiger partial charge on any atom is 0.225 e. The van der Waals surface area contributed by atoms with Gasteiger partial charge < -0.3 is 4.90 Å². The van der Waals surface area contributed by atoms with Gasteiger partial charge in [0.25, 0.3) is 0 Å². The van der Waals surface area contributed by atoms with Gasteiger partial charge in [-0.1, -0.05) is 24.3 Å². The summed E-state index contributed by atoms with van der Waals surface area (Å²) in [4.78, 5) is 1.18. The van der Waals surface area contributed by atoms with Gasteiger partial charge in [0.2, 0.25) is 4.77 Å². The highest BCUT2D eigenvalue weighted by Crippen LogP contribution is 2.15. The van der Waals surface area contributed by atoms with Crippen LogP contribution in [0.15, 0.2) is 42.5 Å². The summed E-state index contributed by atoms with van der Waals surface area (Å²) < 4.78 is 17.0. The lowest BCUT2D eigenvalue weighted by Gasteiger charge is -2.13. The summed E-state index contributed by atoms with van der Waals surface area (Å²) in [5, 5.41) is 8.43. The van der Waals surface area contributed by atoms with E-state index >= 15 is 0 Å². The molecule has 1 heterocycles. The molecular weight excluding hydrogens is 337 g/mol. The number of benzene rings is 2. The van der Waals surface area contributed by atoms with Crippen LogP contribution in [0.2, 0.25) is 0 Å². The number of aromatic nitrogens is 4. The molecule has 0 spiro atoms. The van der Waals surface area contributed by atoms with Gasteiger partial charge >= 0.3 is 0 Å². The van der Waals surface area contributed by atoms with Gasteiger partial charge in [0, 0.05) is 5.56 Å². The summed E-state index contributed by atoms with van der Waals surface area (Å²) in [5.41, 5.74) is 4.26. The number of quaternary nitrogens is 1. The molecule has 130 valence electrons. The molecule has 1 aromatic heterocycles. The van der Waals surface area contributed by atoms with Crippen molar-refractivity contribution in [2.75, 3.05) is 7.05 Å². The topological polar surface area (TPSA) is 40.1 Å². The maximum atomic E-state index is 13.0. The molecule has 0 radical (unpaired) electrons. The molecule has 0 saturated carbocycles. The molecule has 0 saturated heterocycles. The van der Waals surface area contributed by atoms with E-state index in [1.807, 2.05) is 20.9 Å². The highest BCUT2D eigenvalue weighted by molar-refractivity contribution is 7.71. The first kappa shape index (κ1) is 17.4. The van der Waals surface area contributed by atoms with Crippen LogP contribution >= 0.6 is 12.2 Å². The first-order valence-electron chi connectivity index (χ1n) is 8.10. The van der Waals surface area contributed by atoms with Crippen molar-refractivity contribution in [3.05, 3.63) is 69.7 Å². The molecule has 0 aliphatic carbocycles. The molecule has 0 bridgehead atoms. The second-order valence-corrected chi connectivity index (χ2v) is 6.75. The molecule has 7 heteroatoms.